The molecule has 0 fully saturated rings. The molecule has 0 unspecified atom stereocenters. The number of fused-ring (bicyclic) bond motifs is 3. The Bertz CT molecular complexity index is 557. The highest BCUT2D eigenvalue weighted by atomic mass is 16.5. The normalized spacial score (nSPS) is 25.8. The first-order valence-corrected chi connectivity index (χ1v) is 6.16. The Balaban J connectivity index is 2.19. The smallest absolute Gasteiger partial charge is 0.138 e. The average Bonchev–Trinajstić information content (AvgIpc) is 2.27. The standard InChI is InChI=1S/C15H16O3/c1-8-3-4-11-9(2)18-14-7-10(16)6-13(17)15(14)12(11)5-8/h5-7,11-12,16-17H,2-4H2,1H3/t11-,12+/m0/s1. The largest absolute Gasteiger partial charge is 0.508 e. The van der Waals surface area contributed by atoms with Crippen molar-refractivity contribution < 1.29 is 14.9 Å². The molecule has 3 heteroatoms. The Labute approximate surface area is 106 Å². The maximum absolute atomic E-state index is 10.0. The van der Waals surface area contributed by atoms with Gasteiger partial charge in [0, 0.05) is 29.5 Å². The van der Waals surface area contributed by atoms with E-state index < -0.39 is 0 Å². The maximum Gasteiger partial charge on any atom is 0.138 e. The van der Waals surface area contributed by atoms with E-state index in [4.69, 9.17) is 4.74 Å². The van der Waals surface area contributed by atoms with E-state index in [1.807, 2.05) is 0 Å². The van der Waals surface area contributed by atoms with Gasteiger partial charge in [-0.25, -0.2) is 0 Å². The van der Waals surface area contributed by atoms with E-state index in [-0.39, 0.29) is 23.3 Å². The van der Waals surface area contributed by atoms with Crippen molar-refractivity contribution in [1.29, 1.82) is 0 Å². The Morgan fingerprint density at radius 2 is 2.11 bits per heavy atom. The van der Waals surface area contributed by atoms with Crippen LogP contribution in [0.5, 0.6) is 17.2 Å². The molecule has 0 saturated carbocycles. The van der Waals surface area contributed by atoms with E-state index in [9.17, 15) is 10.2 Å². The third-order valence-corrected chi connectivity index (χ3v) is 3.84. The van der Waals surface area contributed by atoms with Gasteiger partial charge in [0.1, 0.15) is 23.0 Å². The number of phenolic OH excluding ortho intramolecular Hbond substituents is 2. The van der Waals surface area contributed by atoms with Crippen LogP contribution >= 0.6 is 0 Å². The highest BCUT2D eigenvalue weighted by Crippen LogP contribution is 2.51. The van der Waals surface area contributed by atoms with Crippen LogP contribution in [0.15, 0.2) is 36.1 Å². The summed E-state index contributed by atoms with van der Waals surface area (Å²) in [4.78, 5) is 0. The Morgan fingerprint density at radius 1 is 1.33 bits per heavy atom. The minimum atomic E-state index is 0.00834. The lowest BCUT2D eigenvalue weighted by Gasteiger charge is -2.36. The summed E-state index contributed by atoms with van der Waals surface area (Å²) in [5.41, 5.74) is 2.09. The number of hydrogen-bond donors (Lipinski definition) is 2. The van der Waals surface area contributed by atoms with Crippen LogP contribution in [0.2, 0.25) is 0 Å². The lowest BCUT2D eigenvalue weighted by Crippen LogP contribution is -2.25. The molecule has 0 bridgehead atoms. The first kappa shape index (κ1) is 11.2. The molecule has 1 aliphatic carbocycles. The lowest BCUT2D eigenvalue weighted by atomic mass is 9.74. The molecule has 1 heterocycles. The number of allylic oxidation sites excluding steroid dienone is 3. The number of hydrogen-bond acceptors (Lipinski definition) is 3. The van der Waals surface area contributed by atoms with Gasteiger partial charge in [-0.05, 0) is 19.8 Å². The Hall–Kier alpha value is -1.90. The van der Waals surface area contributed by atoms with Crippen molar-refractivity contribution in [3.05, 3.63) is 41.7 Å². The average molecular weight is 244 g/mol. The summed E-state index contributed by atoms with van der Waals surface area (Å²) < 4.78 is 5.65. The fourth-order valence-corrected chi connectivity index (χ4v) is 2.95. The molecule has 94 valence electrons. The number of benzene rings is 1. The van der Waals surface area contributed by atoms with Crippen molar-refractivity contribution >= 4 is 0 Å². The summed E-state index contributed by atoms with van der Waals surface area (Å²) in [5, 5.41) is 19.6. The molecule has 2 aliphatic rings. The molecular formula is C15H16O3. The van der Waals surface area contributed by atoms with Gasteiger partial charge in [0.25, 0.3) is 0 Å². The van der Waals surface area contributed by atoms with Crippen LogP contribution in [0.1, 0.15) is 31.2 Å². The predicted molar refractivity (Wildman–Crippen MR) is 68.8 cm³/mol. The van der Waals surface area contributed by atoms with Crippen LogP contribution in [0.3, 0.4) is 0 Å². The quantitative estimate of drug-likeness (QED) is 0.687. The summed E-state index contributed by atoms with van der Waals surface area (Å²) in [5.74, 6) is 1.67. The summed E-state index contributed by atoms with van der Waals surface area (Å²) in [6, 6.07) is 2.90. The minimum Gasteiger partial charge on any atom is -0.508 e. The van der Waals surface area contributed by atoms with Crippen molar-refractivity contribution in [3.8, 4) is 17.2 Å². The zero-order valence-corrected chi connectivity index (χ0v) is 10.3. The topological polar surface area (TPSA) is 49.7 Å². The molecule has 0 amide bonds. The third kappa shape index (κ3) is 1.58. The fraction of sp³-hybridized carbons (Fsp3) is 0.333. The van der Waals surface area contributed by atoms with Gasteiger partial charge in [-0.1, -0.05) is 18.2 Å². The zero-order chi connectivity index (χ0) is 12.9. The number of aromatic hydroxyl groups is 2. The molecule has 0 radical (unpaired) electrons. The molecule has 0 spiro atoms. The summed E-state index contributed by atoms with van der Waals surface area (Å²) >= 11 is 0. The summed E-state index contributed by atoms with van der Waals surface area (Å²) in [6.45, 7) is 6.07. The van der Waals surface area contributed by atoms with E-state index >= 15 is 0 Å². The molecular weight excluding hydrogens is 228 g/mol. The minimum absolute atomic E-state index is 0.00834. The zero-order valence-electron chi connectivity index (χ0n) is 10.3. The summed E-state index contributed by atoms with van der Waals surface area (Å²) in [6.07, 6.45) is 4.21. The van der Waals surface area contributed by atoms with E-state index in [2.05, 4.69) is 19.6 Å². The second kappa shape index (κ2) is 3.80. The molecule has 1 aliphatic heterocycles. The molecule has 1 aromatic rings. The van der Waals surface area contributed by atoms with Crippen LogP contribution in [0.25, 0.3) is 0 Å². The van der Waals surface area contributed by atoms with Crippen molar-refractivity contribution in [2.24, 2.45) is 5.92 Å². The monoisotopic (exact) mass is 244 g/mol. The van der Waals surface area contributed by atoms with Gasteiger partial charge in [-0.2, -0.15) is 0 Å². The van der Waals surface area contributed by atoms with Crippen molar-refractivity contribution in [2.75, 3.05) is 0 Å². The van der Waals surface area contributed by atoms with E-state index in [0.717, 1.165) is 24.2 Å². The van der Waals surface area contributed by atoms with Crippen LogP contribution in [-0.2, 0) is 0 Å². The number of rotatable bonds is 0. The lowest BCUT2D eigenvalue weighted by molar-refractivity contribution is 0.273. The van der Waals surface area contributed by atoms with Crippen molar-refractivity contribution in [1.82, 2.24) is 0 Å². The fourth-order valence-electron chi connectivity index (χ4n) is 2.95. The van der Waals surface area contributed by atoms with E-state index in [1.54, 1.807) is 0 Å². The molecule has 2 N–H and O–H groups in total. The van der Waals surface area contributed by atoms with Gasteiger partial charge in [0.15, 0.2) is 0 Å². The van der Waals surface area contributed by atoms with Gasteiger partial charge >= 0.3 is 0 Å². The Morgan fingerprint density at radius 3 is 2.89 bits per heavy atom. The molecule has 1 aromatic carbocycles. The highest BCUT2D eigenvalue weighted by molar-refractivity contribution is 5.56. The maximum atomic E-state index is 10.0. The molecule has 3 nitrogen and oxygen atoms in total. The predicted octanol–water partition coefficient (Wildman–Crippen LogP) is 3.44. The first-order valence-electron chi connectivity index (χ1n) is 6.16. The molecule has 18 heavy (non-hydrogen) atoms. The molecule has 0 saturated heterocycles. The van der Waals surface area contributed by atoms with Crippen LogP contribution < -0.4 is 4.74 Å². The SMILES string of the molecule is C=C1Oc2cc(O)cc(O)c2[C@@H]2C=C(C)CC[C@@H]12. The van der Waals surface area contributed by atoms with E-state index in [1.165, 1.54) is 17.7 Å². The van der Waals surface area contributed by atoms with Gasteiger partial charge in [-0.15, -0.1) is 0 Å². The molecule has 3 rings (SSSR count). The Kier molecular flexibility index (Phi) is 2.37. The number of ether oxygens (including phenoxy) is 1. The third-order valence-electron chi connectivity index (χ3n) is 3.84. The molecule has 0 aromatic heterocycles. The van der Waals surface area contributed by atoms with Gasteiger partial charge in [0.2, 0.25) is 0 Å². The highest BCUT2D eigenvalue weighted by Gasteiger charge is 2.36. The van der Waals surface area contributed by atoms with E-state index in [0.29, 0.717) is 5.75 Å². The molecule has 2 atom stereocenters. The van der Waals surface area contributed by atoms with Gasteiger partial charge in [-0.3, -0.25) is 0 Å². The van der Waals surface area contributed by atoms with Gasteiger partial charge < -0.3 is 14.9 Å². The summed E-state index contributed by atoms with van der Waals surface area (Å²) in [7, 11) is 0. The first-order chi connectivity index (χ1) is 8.56. The van der Waals surface area contributed by atoms with Crippen molar-refractivity contribution in [3.63, 3.8) is 0 Å². The van der Waals surface area contributed by atoms with Crippen LogP contribution in [0, 0.1) is 5.92 Å². The van der Waals surface area contributed by atoms with Crippen LogP contribution in [0.4, 0.5) is 0 Å². The van der Waals surface area contributed by atoms with Gasteiger partial charge in [0.05, 0.1) is 0 Å². The number of phenols is 2. The van der Waals surface area contributed by atoms with Crippen LogP contribution in [-0.4, -0.2) is 10.2 Å². The second-order valence-electron chi connectivity index (χ2n) is 5.13. The van der Waals surface area contributed by atoms with Crippen molar-refractivity contribution in [2.45, 2.75) is 25.7 Å². The second-order valence-corrected chi connectivity index (χ2v) is 5.13.